The lowest BCUT2D eigenvalue weighted by molar-refractivity contribution is -0.129. The molecule has 2 heterocycles. The van der Waals surface area contributed by atoms with E-state index in [0.29, 0.717) is 25.7 Å². The Labute approximate surface area is 126 Å². The standard InChI is InChI=1S/C14H26N4O3/c1-3-21-9-8-17-7-6-16(10-12(17)2)11-13(19)18-5-4-15-14(18)20/h12H,3-11H2,1-2H3,(H,15,20). The van der Waals surface area contributed by atoms with Gasteiger partial charge in [-0.1, -0.05) is 0 Å². The molecule has 0 aliphatic carbocycles. The van der Waals surface area contributed by atoms with Crippen molar-refractivity contribution in [3.63, 3.8) is 0 Å². The molecule has 2 fully saturated rings. The van der Waals surface area contributed by atoms with Gasteiger partial charge in [-0.05, 0) is 13.8 Å². The van der Waals surface area contributed by atoms with Crippen molar-refractivity contribution >= 4 is 11.9 Å². The minimum atomic E-state index is -0.261. The summed E-state index contributed by atoms with van der Waals surface area (Å²) in [7, 11) is 0. The van der Waals surface area contributed by atoms with Crippen LogP contribution in [0.25, 0.3) is 0 Å². The number of nitrogens with one attached hydrogen (secondary N) is 1. The first-order valence-corrected chi connectivity index (χ1v) is 7.74. The van der Waals surface area contributed by atoms with Crippen LogP contribution in [0.5, 0.6) is 0 Å². The fourth-order valence-electron chi connectivity index (χ4n) is 2.86. The molecular formula is C14H26N4O3. The van der Waals surface area contributed by atoms with Crippen LogP contribution in [0, 0.1) is 0 Å². The topological polar surface area (TPSA) is 65.1 Å². The quantitative estimate of drug-likeness (QED) is 0.675. The van der Waals surface area contributed by atoms with E-state index < -0.39 is 0 Å². The van der Waals surface area contributed by atoms with Crippen LogP contribution in [0.2, 0.25) is 0 Å². The maximum atomic E-state index is 12.1. The summed E-state index contributed by atoms with van der Waals surface area (Å²) in [5.74, 6) is -0.0973. The van der Waals surface area contributed by atoms with Gasteiger partial charge in [-0.25, -0.2) is 4.79 Å². The fraction of sp³-hybridized carbons (Fsp3) is 0.857. The highest BCUT2D eigenvalue weighted by Crippen LogP contribution is 2.10. The Morgan fingerprint density at radius 3 is 2.81 bits per heavy atom. The van der Waals surface area contributed by atoms with Gasteiger partial charge >= 0.3 is 6.03 Å². The number of imide groups is 1. The third-order valence-electron chi connectivity index (χ3n) is 4.09. The van der Waals surface area contributed by atoms with Crippen molar-refractivity contribution in [3.8, 4) is 0 Å². The number of piperazine rings is 1. The maximum absolute atomic E-state index is 12.1. The third kappa shape index (κ3) is 4.39. The number of ether oxygens (including phenoxy) is 1. The monoisotopic (exact) mass is 298 g/mol. The number of amides is 3. The Kier molecular flexibility index (Phi) is 5.96. The Bertz CT molecular complexity index is 377. The molecule has 21 heavy (non-hydrogen) atoms. The summed E-state index contributed by atoms with van der Waals surface area (Å²) < 4.78 is 5.39. The maximum Gasteiger partial charge on any atom is 0.324 e. The molecule has 0 aromatic carbocycles. The Balaban J connectivity index is 1.74. The minimum Gasteiger partial charge on any atom is -0.380 e. The number of carbonyl (C=O) groups is 2. The zero-order chi connectivity index (χ0) is 15.2. The molecule has 2 aliphatic heterocycles. The van der Waals surface area contributed by atoms with Gasteiger partial charge in [0.25, 0.3) is 0 Å². The summed E-state index contributed by atoms with van der Waals surface area (Å²) in [5.41, 5.74) is 0. The summed E-state index contributed by atoms with van der Waals surface area (Å²) >= 11 is 0. The van der Waals surface area contributed by atoms with E-state index in [2.05, 4.69) is 22.0 Å². The highest BCUT2D eigenvalue weighted by molar-refractivity contribution is 5.96. The first-order valence-electron chi connectivity index (χ1n) is 7.74. The molecule has 0 saturated carbocycles. The molecule has 0 aromatic rings. The molecular weight excluding hydrogens is 272 g/mol. The van der Waals surface area contributed by atoms with Crippen molar-refractivity contribution in [2.75, 3.05) is 59.0 Å². The highest BCUT2D eigenvalue weighted by Gasteiger charge is 2.30. The largest absolute Gasteiger partial charge is 0.380 e. The van der Waals surface area contributed by atoms with Gasteiger partial charge in [-0.2, -0.15) is 0 Å². The van der Waals surface area contributed by atoms with Gasteiger partial charge in [0.15, 0.2) is 0 Å². The lowest BCUT2D eigenvalue weighted by Gasteiger charge is -2.39. The van der Waals surface area contributed by atoms with Gasteiger partial charge < -0.3 is 10.1 Å². The summed E-state index contributed by atoms with van der Waals surface area (Å²) in [6.07, 6.45) is 0. The fourth-order valence-corrected chi connectivity index (χ4v) is 2.86. The molecule has 0 spiro atoms. The molecule has 2 rings (SSSR count). The molecule has 0 radical (unpaired) electrons. The predicted molar refractivity (Wildman–Crippen MR) is 79.1 cm³/mol. The Hall–Kier alpha value is -1.18. The van der Waals surface area contributed by atoms with E-state index in [0.717, 1.165) is 39.4 Å². The lowest BCUT2D eigenvalue weighted by atomic mass is 10.2. The molecule has 1 unspecified atom stereocenters. The van der Waals surface area contributed by atoms with Crippen LogP contribution in [0.3, 0.4) is 0 Å². The van der Waals surface area contributed by atoms with E-state index in [9.17, 15) is 9.59 Å². The van der Waals surface area contributed by atoms with Gasteiger partial charge in [0, 0.05) is 51.9 Å². The number of carbonyl (C=O) groups excluding carboxylic acids is 2. The van der Waals surface area contributed by atoms with Crippen molar-refractivity contribution in [1.29, 1.82) is 0 Å². The molecule has 120 valence electrons. The van der Waals surface area contributed by atoms with Gasteiger partial charge in [0.2, 0.25) is 5.91 Å². The van der Waals surface area contributed by atoms with E-state index in [4.69, 9.17) is 4.74 Å². The average Bonchev–Trinajstić information content (AvgIpc) is 2.88. The van der Waals surface area contributed by atoms with Crippen LogP contribution in [0.4, 0.5) is 4.79 Å². The van der Waals surface area contributed by atoms with Crippen LogP contribution < -0.4 is 5.32 Å². The van der Waals surface area contributed by atoms with Crippen molar-refractivity contribution in [2.24, 2.45) is 0 Å². The van der Waals surface area contributed by atoms with Crippen LogP contribution in [0.15, 0.2) is 0 Å². The summed E-state index contributed by atoms with van der Waals surface area (Å²) in [4.78, 5) is 29.4. The summed E-state index contributed by atoms with van der Waals surface area (Å²) in [6, 6.07) is 0.141. The first-order chi connectivity index (χ1) is 10.1. The predicted octanol–water partition coefficient (Wildman–Crippen LogP) is -0.419. The lowest BCUT2D eigenvalue weighted by Crippen LogP contribution is -2.55. The Morgan fingerprint density at radius 2 is 2.19 bits per heavy atom. The smallest absolute Gasteiger partial charge is 0.324 e. The van der Waals surface area contributed by atoms with Crippen molar-refractivity contribution in [2.45, 2.75) is 19.9 Å². The van der Waals surface area contributed by atoms with Crippen molar-refractivity contribution in [1.82, 2.24) is 20.0 Å². The summed E-state index contributed by atoms with van der Waals surface area (Å²) in [5, 5.41) is 2.66. The van der Waals surface area contributed by atoms with Gasteiger partial charge in [-0.3, -0.25) is 19.5 Å². The molecule has 2 aliphatic rings. The zero-order valence-corrected chi connectivity index (χ0v) is 13.0. The van der Waals surface area contributed by atoms with Gasteiger partial charge in [0.05, 0.1) is 13.2 Å². The molecule has 0 aromatic heterocycles. The second kappa shape index (κ2) is 7.72. The first kappa shape index (κ1) is 16.2. The van der Waals surface area contributed by atoms with Crippen LogP contribution in [-0.2, 0) is 9.53 Å². The van der Waals surface area contributed by atoms with E-state index in [-0.39, 0.29) is 11.9 Å². The van der Waals surface area contributed by atoms with Crippen molar-refractivity contribution in [3.05, 3.63) is 0 Å². The van der Waals surface area contributed by atoms with E-state index in [1.54, 1.807) is 0 Å². The highest BCUT2D eigenvalue weighted by atomic mass is 16.5. The molecule has 3 amide bonds. The molecule has 1 atom stereocenters. The third-order valence-corrected chi connectivity index (χ3v) is 4.09. The second-order valence-electron chi connectivity index (χ2n) is 5.59. The molecule has 2 saturated heterocycles. The number of hydrogen-bond donors (Lipinski definition) is 1. The minimum absolute atomic E-state index is 0.0973. The molecule has 7 heteroatoms. The van der Waals surface area contributed by atoms with Crippen molar-refractivity contribution < 1.29 is 14.3 Å². The van der Waals surface area contributed by atoms with Crippen LogP contribution in [-0.4, -0.2) is 91.7 Å². The number of nitrogens with zero attached hydrogens (tertiary/aromatic N) is 3. The SMILES string of the molecule is CCOCCN1CCN(CC(=O)N2CCNC2=O)CC1C. The van der Waals surface area contributed by atoms with Crippen LogP contribution >= 0.6 is 0 Å². The zero-order valence-electron chi connectivity index (χ0n) is 13.0. The van der Waals surface area contributed by atoms with E-state index in [1.165, 1.54) is 4.90 Å². The van der Waals surface area contributed by atoms with E-state index >= 15 is 0 Å². The molecule has 0 bridgehead atoms. The van der Waals surface area contributed by atoms with Gasteiger partial charge in [0.1, 0.15) is 0 Å². The second-order valence-corrected chi connectivity index (χ2v) is 5.59. The van der Waals surface area contributed by atoms with Gasteiger partial charge in [-0.15, -0.1) is 0 Å². The normalized spacial score (nSPS) is 24.4. The number of urea groups is 1. The molecule has 7 nitrogen and oxygen atoms in total. The summed E-state index contributed by atoms with van der Waals surface area (Å²) in [6.45, 7) is 10.6. The average molecular weight is 298 g/mol. The Morgan fingerprint density at radius 1 is 1.38 bits per heavy atom. The van der Waals surface area contributed by atoms with E-state index in [1.807, 2.05) is 6.92 Å². The number of hydrogen-bond acceptors (Lipinski definition) is 5. The van der Waals surface area contributed by atoms with Crippen LogP contribution in [0.1, 0.15) is 13.8 Å². The number of rotatable bonds is 6. The molecule has 1 N–H and O–H groups in total.